The Morgan fingerprint density at radius 1 is 1.39 bits per heavy atom. The molecule has 1 aromatic heterocycles. The van der Waals surface area contributed by atoms with Gasteiger partial charge in [-0.25, -0.2) is 4.39 Å². The average molecular weight is 252 g/mol. The molecule has 1 unspecified atom stereocenters. The first kappa shape index (κ1) is 12.7. The van der Waals surface area contributed by atoms with Gasteiger partial charge in [0.05, 0.1) is 19.1 Å². The Labute approximate surface area is 103 Å². The van der Waals surface area contributed by atoms with Gasteiger partial charge in [-0.15, -0.1) is 0 Å². The minimum Gasteiger partial charge on any atom is -0.390 e. The van der Waals surface area contributed by atoms with Crippen molar-refractivity contribution in [2.45, 2.75) is 12.5 Å². The molecule has 0 radical (unpaired) electrons. The molecule has 1 heterocycles. The quantitative estimate of drug-likeness (QED) is 0.871. The van der Waals surface area contributed by atoms with Crippen molar-refractivity contribution in [2.24, 2.45) is 0 Å². The molecule has 0 saturated carbocycles. The summed E-state index contributed by atoms with van der Waals surface area (Å²) in [6, 6.07) is 5.78. The summed E-state index contributed by atoms with van der Waals surface area (Å²) in [4.78, 5) is 4.12. The summed E-state index contributed by atoms with van der Waals surface area (Å²) < 4.78 is 22.5. The molecular weight excluding hydrogens is 239 g/mol. The minimum atomic E-state index is -0.684. The summed E-state index contributed by atoms with van der Waals surface area (Å²) in [6.45, 7) is 0.203. The van der Waals surface area contributed by atoms with Crippen molar-refractivity contribution in [2.75, 3.05) is 13.7 Å². The number of methoxy groups -OCH3 is 1. The highest BCUT2D eigenvalue weighted by atomic mass is 19.1. The molecule has 1 N–H and O–H groups in total. The number of halogens is 1. The van der Waals surface area contributed by atoms with E-state index in [1.807, 2.05) is 0 Å². The first-order chi connectivity index (χ1) is 8.69. The van der Waals surface area contributed by atoms with Crippen LogP contribution >= 0.6 is 0 Å². The molecule has 0 spiro atoms. The van der Waals surface area contributed by atoms with Crippen LogP contribution in [-0.2, 0) is 11.2 Å². The van der Waals surface area contributed by atoms with Gasteiger partial charge >= 0.3 is 0 Å². The number of benzene rings is 1. The second kappa shape index (κ2) is 5.70. The normalized spacial score (nSPS) is 12.6. The van der Waals surface area contributed by atoms with Gasteiger partial charge in [-0.2, -0.15) is 4.98 Å². The van der Waals surface area contributed by atoms with Gasteiger partial charge in [0.25, 0.3) is 0 Å². The number of rotatable bonds is 5. The van der Waals surface area contributed by atoms with E-state index < -0.39 is 6.10 Å². The number of aliphatic hydroxyl groups excluding tert-OH is 1. The standard InChI is InChI=1S/C12H13FN2O3/c1-17-7-10(16)6-11-14-12(15-18-11)8-2-4-9(13)5-3-8/h2-5,10,16H,6-7H2,1H3. The molecule has 0 saturated heterocycles. The second-order valence-corrected chi connectivity index (χ2v) is 3.83. The van der Waals surface area contributed by atoms with Crippen molar-refractivity contribution in [3.05, 3.63) is 36.0 Å². The third-order valence-corrected chi connectivity index (χ3v) is 2.34. The van der Waals surface area contributed by atoms with E-state index in [-0.39, 0.29) is 18.8 Å². The summed E-state index contributed by atoms with van der Waals surface area (Å²) in [5.74, 6) is 0.367. The second-order valence-electron chi connectivity index (χ2n) is 3.83. The van der Waals surface area contributed by atoms with Crippen molar-refractivity contribution in [1.82, 2.24) is 10.1 Å². The maximum atomic E-state index is 12.8. The number of nitrogens with zero attached hydrogens (tertiary/aromatic N) is 2. The molecule has 0 aliphatic heterocycles. The third kappa shape index (κ3) is 3.12. The van der Waals surface area contributed by atoms with Gasteiger partial charge in [0.1, 0.15) is 5.82 Å². The van der Waals surface area contributed by atoms with Crippen molar-refractivity contribution in [1.29, 1.82) is 0 Å². The molecule has 0 fully saturated rings. The van der Waals surface area contributed by atoms with Crippen LogP contribution in [0, 0.1) is 5.82 Å². The zero-order chi connectivity index (χ0) is 13.0. The monoisotopic (exact) mass is 252 g/mol. The van der Waals surface area contributed by atoms with Gasteiger partial charge in [0, 0.05) is 12.7 Å². The van der Waals surface area contributed by atoms with Crippen molar-refractivity contribution < 1.29 is 18.8 Å². The van der Waals surface area contributed by atoms with Gasteiger partial charge in [-0.3, -0.25) is 0 Å². The summed E-state index contributed by atoms with van der Waals surface area (Å²) >= 11 is 0. The highest BCUT2D eigenvalue weighted by molar-refractivity contribution is 5.53. The van der Waals surface area contributed by atoms with Crippen LogP contribution in [-0.4, -0.2) is 35.1 Å². The molecule has 0 amide bonds. The Morgan fingerprint density at radius 3 is 2.78 bits per heavy atom. The van der Waals surface area contributed by atoms with E-state index in [1.165, 1.54) is 19.2 Å². The largest absolute Gasteiger partial charge is 0.390 e. The van der Waals surface area contributed by atoms with Gasteiger partial charge in [-0.1, -0.05) is 5.16 Å². The van der Waals surface area contributed by atoms with E-state index >= 15 is 0 Å². The molecule has 2 rings (SSSR count). The number of hydrogen-bond donors (Lipinski definition) is 1. The molecule has 96 valence electrons. The van der Waals surface area contributed by atoms with E-state index in [1.54, 1.807) is 12.1 Å². The van der Waals surface area contributed by atoms with Gasteiger partial charge < -0.3 is 14.4 Å². The molecule has 1 atom stereocenters. The SMILES string of the molecule is COCC(O)Cc1nc(-c2ccc(F)cc2)no1. The molecule has 1 aromatic carbocycles. The summed E-state index contributed by atoms with van der Waals surface area (Å²) in [7, 11) is 1.50. The van der Waals surface area contributed by atoms with E-state index in [0.29, 0.717) is 17.3 Å². The lowest BCUT2D eigenvalue weighted by Crippen LogP contribution is -2.17. The first-order valence-electron chi connectivity index (χ1n) is 5.44. The van der Waals surface area contributed by atoms with Gasteiger partial charge in [0.15, 0.2) is 0 Å². The van der Waals surface area contributed by atoms with Crippen LogP contribution in [0.4, 0.5) is 4.39 Å². The molecule has 0 aliphatic carbocycles. The number of aliphatic hydroxyl groups is 1. The van der Waals surface area contributed by atoms with E-state index in [4.69, 9.17) is 9.26 Å². The zero-order valence-corrected chi connectivity index (χ0v) is 9.84. The minimum absolute atomic E-state index is 0.203. The van der Waals surface area contributed by atoms with E-state index in [2.05, 4.69) is 10.1 Å². The Kier molecular flexibility index (Phi) is 4.01. The van der Waals surface area contributed by atoms with Crippen molar-refractivity contribution >= 4 is 0 Å². The Hall–Kier alpha value is -1.79. The number of hydrogen-bond acceptors (Lipinski definition) is 5. The fourth-order valence-corrected chi connectivity index (χ4v) is 1.51. The Morgan fingerprint density at radius 2 is 2.11 bits per heavy atom. The summed E-state index contributed by atoms with van der Waals surface area (Å²) in [5, 5.41) is 13.3. The van der Waals surface area contributed by atoms with Crippen LogP contribution in [0.5, 0.6) is 0 Å². The molecule has 0 bridgehead atoms. The fraction of sp³-hybridized carbons (Fsp3) is 0.333. The van der Waals surface area contributed by atoms with Gasteiger partial charge in [0.2, 0.25) is 11.7 Å². The fourth-order valence-electron chi connectivity index (χ4n) is 1.51. The van der Waals surface area contributed by atoms with Crippen LogP contribution in [0.2, 0.25) is 0 Å². The van der Waals surface area contributed by atoms with Crippen LogP contribution in [0.3, 0.4) is 0 Å². The highest BCUT2D eigenvalue weighted by Gasteiger charge is 2.13. The number of aromatic nitrogens is 2. The maximum absolute atomic E-state index is 12.8. The summed E-state index contributed by atoms with van der Waals surface area (Å²) in [5.41, 5.74) is 0.660. The average Bonchev–Trinajstić information content (AvgIpc) is 2.78. The predicted molar refractivity (Wildman–Crippen MR) is 61.3 cm³/mol. The van der Waals surface area contributed by atoms with Crippen LogP contribution < -0.4 is 0 Å². The molecular formula is C12H13FN2O3. The predicted octanol–water partition coefficient (Wildman–Crippen LogP) is 1.43. The van der Waals surface area contributed by atoms with Crippen molar-refractivity contribution in [3.8, 4) is 11.4 Å². The smallest absolute Gasteiger partial charge is 0.229 e. The number of ether oxygens (including phenoxy) is 1. The summed E-state index contributed by atoms with van der Waals surface area (Å²) in [6.07, 6.45) is -0.460. The van der Waals surface area contributed by atoms with Crippen LogP contribution in [0.15, 0.2) is 28.8 Å². The lowest BCUT2D eigenvalue weighted by molar-refractivity contribution is 0.0599. The van der Waals surface area contributed by atoms with Crippen LogP contribution in [0.25, 0.3) is 11.4 Å². The topological polar surface area (TPSA) is 68.4 Å². The van der Waals surface area contributed by atoms with E-state index in [0.717, 1.165) is 0 Å². The Balaban J connectivity index is 2.08. The maximum Gasteiger partial charge on any atom is 0.229 e. The molecule has 6 heteroatoms. The Bertz CT molecular complexity index is 498. The lowest BCUT2D eigenvalue weighted by atomic mass is 10.2. The highest BCUT2D eigenvalue weighted by Crippen LogP contribution is 2.16. The van der Waals surface area contributed by atoms with Crippen molar-refractivity contribution in [3.63, 3.8) is 0 Å². The molecule has 0 aliphatic rings. The lowest BCUT2D eigenvalue weighted by Gasteiger charge is -2.04. The van der Waals surface area contributed by atoms with Gasteiger partial charge in [-0.05, 0) is 24.3 Å². The zero-order valence-electron chi connectivity index (χ0n) is 9.84. The third-order valence-electron chi connectivity index (χ3n) is 2.34. The molecule has 5 nitrogen and oxygen atoms in total. The molecule has 2 aromatic rings. The van der Waals surface area contributed by atoms with E-state index in [9.17, 15) is 9.50 Å². The van der Waals surface area contributed by atoms with Crippen LogP contribution in [0.1, 0.15) is 5.89 Å². The first-order valence-corrected chi connectivity index (χ1v) is 5.44. The molecule has 18 heavy (non-hydrogen) atoms.